The monoisotopic (exact) mass is 358 g/mol. The molecule has 3 aromatic rings. The number of nitrogens with one attached hydrogen (secondary N) is 2. The van der Waals surface area contributed by atoms with Gasteiger partial charge in [0.15, 0.2) is 0 Å². The number of hydrogen-bond acceptors (Lipinski definition) is 4. The third kappa shape index (κ3) is 4.72. The molecular weight excluding hydrogens is 341 g/mol. The van der Waals surface area contributed by atoms with Crippen LogP contribution in [0.25, 0.3) is 0 Å². The Morgan fingerprint density at radius 3 is 2.50 bits per heavy atom. The summed E-state index contributed by atoms with van der Waals surface area (Å²) in [7, 11) is 0. The summed E-state index contributed by atoms with van der Waals surface area (Å²) in [4.78, 5) is 8.41. The van der Waals surface area contributed by atoms with E-state index in [1.807, 2.05) is 31.2 Å². The minimum atomic E-state index is -4.38. The average molecular weight is 358 g/mol. The standard InChI is InChI=1S/C19H17F3N4/c1-13-5-7-14(8-6-13)12-24-18-23-10-9-17(26-18)25-16-4-2-3-15(11-16)19(20,21)22/h2-11H,12H2,1H3,(H2,23,24,25,26). The average Bonchev–Trinajstić information content (AvgIpc) is 2.61. The first-order valence-electron chi connectivity index (χ1n) is 7.97. The summed E-state index contributed by atoms with van der Waals surface area (Å²) < 4.78 is 38.4. The summed E-state index contributed by atoms with van der Waals surface area (Å²) in [5.41, 5.74) is 1.85. The van der Waals surface area contributed by atoms with E-state index in [-0.39, 0.29) is 0 Å². The molecule has 0 atom stereocenters. The van der Waals surface area contributed by atoms with Gasteiger partial charge in [-0.05, 0) is 36.8 Å². The Balaban J connectivity index is 1.68. The fraction of sp³-hybridized carbons (Fsp3) is 0.158. The number of halogens is 3. The Morgan fingerprint density at radius 2 is 1.77 bits per heavy atom. The number of anilines is 3. The molecule has 1 heterocycles. The van der Waals surface area contributed by atoms with Gasteiger partial charge in [0.1, 0.15) is 5.82 Å². The molecule has 2 aromatic carbocycles. The molecule has 0 fully saturated rings. The van der Waals surface area contributed by atoms with Gasteiger partial charge < -0.3 is 10.6 Å². The molecule has 0 aliphatic rings. The van der Waals surface area contributed by atoms with E-state index in [4.69, 9.17) is 0 Å². The lowest BCUT2D eigenvalue weighted by atomic mass is 10.1. The fourth-order valence-electron chi connectivity index (χ4n) is 2.32. The van der Waals surface area contributed by atoms with Crippen LogP contribution in [0.15, 0.2) is 60.8 Å². The van der Waals surface area contributed by atoms with Crippen LogP contribution in [0.4, 0.5) is 30.6 Å². The van der Waals surface area contributed by atoms with Gasteiger partial charge in [0.2, 0.25) is 5.95 Å². The summed E-state index contributed by atoms with van der Waals surface area (Å²) in [5, 5.41) is 5.97. The molecule has 0 spiro atoms. The zero-order valence-corrected chi connectivity index (χ0v) is 14.0. The largest absolute Gasteiger partial charge is 0.416 e. The molecule has 2 N–H and O–H groups in total. The number of aryl methyl sites for hydroxylation is 1. The molecule has 1 aromatic heterocycles. The predicted octanol–water partition coefficient (Wildman–Crippen LogP) is 5.16. The maximum atomic E-state index is 12.8. The lowest BCUT2D eigenvalue weighted by Crippen LogP contribution is -2.06. The molecule has 0 amide bonds. The van der Waals surface area contributed by atoms with Crippen molar-refractivity contribution in [1.82, 2.24) is 9.97 Å². The minimum absolute atomic E-state index is 0.308. The zero-order chi connectivity index (χ0) is 18.6. The van der Waals surface area contributed by atoms with Crippen molar-refractivity contribution < 1.29 is 13.2 Å². The summed E-state index contributed by atoms with van der Waals surface area (Å²) in [6.07, 6.45) is -2.84. The van der Waals surface area contributed by atoms with E-state index in [0.717, 1.165) is 17.7 Å². The van der Waals surface area contributed by atoms with Gasteiger partial charge >= 0.3 is 6.18 Å². The van der Waals surface area contributed by atoms with Gasteiger partial charge in [-0.3, -0.25) is 0 Å². The van der Waals surface area contributed by atoms with Crippen molar-refractivity contribution in [2.75, 3.05) is 10.6 Å². The smallest absolute Gasteiger partial charge is 0.350 e. The molecule has 4 nitrogen and oxygen atoms in total. The van der Waals surface area contributed by atoms with Gasteiger partial charge in [-0.1, -0.05) is 35.9 Å². The van der Waals surface area contributed by atoms with Crippen molar-refractivity contribution >= 4 is 17.5 Å². The number of alkyl halides is 3. The van der Waals surface area contributed by atoms with E-state index in [0.29, 0.717) is 24.0 Å². The molecular formula is C19H17F3N4. The molecule has 0 aliphatic heterocycles. The van der Waals surface area contributed by atoms with Crippen LogP contribution in [0.3, 0.4) is 0 Å². The highest BCUT2D eigenvalue weighted by Crippen LogP contribution is 2.31. The normalized spacial score (nSPS) is 11.2. The maximum absolute atomic E-state index is 12.8. The van der Waals surface area contributed by atoms with Gasteiger partial charge in [-0.15, -0.1) is 0 Å². The summed E-state index contributed by atoms with van der Waals surface area (Å²) in [6, 6.07) is 14.6. The summed E-state index contributed by atoms with van der Waals surface area (Å²) >= 11 is 0. The molecule has 0 aliphatic carbocycles. The van der Waals surface area contributed by atoms with Crippen molar-refractivity contribution in [1.29, 1.82) is 0 Å². The topological polar surface area (TPSA) is 49.8 Å². The van der Waals surface area contributed by atoms with Crippen LogP contribution in [-0.4, -0.2) is 9.97 Å². The molecule has 3 rings (SSSR count). The van der Waals surface area contributed by atoms with Crippen LogP contribution in [0.2, 0.25) is 0 Å². The molecule has 0 bridgehead atoms. The quantitative estimate of drug-likeness (QED) is 0.661. The highest BCUT2D eigenvalue weighted by atomic mass is 19.4. The number of hydrogen-bond donors (Lipinski definition) is 2. The first kappa shape index (κ1) is 17.7. The van der Waals surface area contributed by atoms with Crippen molar-refractivity contribution in [3.8, 4) is 0 Å². The Hall–Kier alpha value is -3.09. The molecule has 7 heteroatoms. The first-order chi connectivity index (χ1) is 12.4. The zero-order valence-electron chi connectivity index (χ0n) is 14.0. The van der Waals surface area contributed by atoms with Gasteiger partial charge in [-0.2, -0.15) is 18.2 Å². The highest BCUT2D eigenvalue weighted by Gasteiger charge is 2.30. The Morgan fingerprint density at radius 1 is 1.00 bits per heavy atom. The third-order valence-corrected chi connectivity index (χ3v) is 3.69. The van der Waals surface area contributed by atoms with Crippen LogP contribution >= 0.6 is 0 Å². The number of aromatic nitrogens is 2. The van der Waals surface area contributed by atoms with Crippen LogP contribution in [-0.2, 0) is 12.7 Å². The van der Waals surface area contributed by atoms with Crippen molar-refractivity contribution in [3.05, 3.63) is 77.5 Å². The van der Waals surface area contributed by atoms with Gasteiger partial charge in [0.05, 0.1) is 5.56 Å². The molecule has 0 unspecified atom stereocenters. The van der Waals surface area contributed by atoms with E-state index in [1.54, 1.807) is 18.3 Å². The minimum Gasteiger partial charge on any atom is -0.350 e. The van der Waals surface area contributed by atoms with Crippen LogP contribution < -0.4 is 10.6 Å². The first-order valence-corrected chi connectivity index (χ1v) is 7.97. The van der Waals surface area contributed by atoms with Gasteiger partial charge in [-0.25, -0.2) is 4.98 Å². The van der Waals surface area contributed by atoms with Gasteiger partial charge in [0.25, 0.3) is 0 Å². The van der Waals surface area contributed by atoms with Crippen molar-refractivity contribution in [2.24, 2.45) is 0 Å². The van der Waals surface area contributed by atoms with E-state index in [2.05, 4.69) is 20.6 Å². The Labute approximate surface area is 149 Å². The maximum Gasteiger partial charge on any atom is 0.416 e. The Bertz CT molecular complexity index is 876. The number of rotatable bonds is 5. The highest BCUT2D eigenvalue weighted by molar-refractivity contribution is 5.58. The Kier molecular flexibility index (Phi) is 5.06. The van der Waals surface area contributed by atoms with Crippen LogP contribution in [0.1, 0.15) is 16.7 Å². The summed E-state index contributed by atoms with van der Waals surface area (Å²) in [6.45, 7) is 2.57. The molecule has 0 saturated carbocycles. The predicted molar refractivity (Wildman–Crippen MR) is 95.3 cm³/mol. The lowest BCUT2D eigenvalue weighted by molar-refractivity contribution is -0.137. The molecule has 0 radical (unpaired) electrons. The second-order valence-corrected chi connectivity index (χ2v) is 5.81. The van der Waals surface area contributed by atoms with Crippen molar-refractivity contribution in [3.63, 3.8) is 0 Å². The van der Waals surface area contributed by atoms with E-state index >= 15 is 0 Å². The second kappa shape index (κ2) is 7.43. The third-order valence-electron chi connectivity index (χ3n) is 3.69. The number of nitrogens with zero attached hydrogens (tertiary/aromatic N) is 2. The number of benzene rings is 2. The van der Waals surface area contributed by atoms with E-state index < -0.39 is 11.7 Å². The van der Waals surface area contributed by atoms with Crippen LogP contribution in [0.5, 0.6) is 0 Å². The summed E-state index contributed by atoms with van der Waals surface area (Å²) in [5.74, 6) is 0.799. The fourth-order valence-corrected chi connectivity index (χ4v) is 2.32. The second-order valence-electron chi connectivity index (χ2n) is 5.81. The SMILES string of the molecule is Cc1ccc(CNc2nccc(Nc3cccc(C(F)(F)F)c3)n2)cc1. The lowest BCUT2D eigenvalue weighted by Gasteiger charge is -2.11. The van der Waals surface area contributed by atoms with Crippen LogP contribution in [0, 0.1) is 6.92 Å². The molecule has 134 valence electrons. The van der Waals surface area contributed by atoms with Crippen molar-refractivity contribution in [2.45, 2.75) is 19.6 Å². The van der Waals surface area contributed by atoms with Gasteiger partial charge in [0, 0.05) is 18.4 Å². The van der Waals surface area contributed by atoms with E-state index in [1.165, 1.54) is 11.6 Å². The molecule has 26 heavy (non-hydrogen) atoms. The molecule has 0 saturated heterocycles. The van der Waals surface area contributed by atoms with E-state index in [9.17, 15) is 13.2 Å².